The van der Waals surface area contributed by atoms with E-state index in [4.69, 9.17) is 29.4 Å². The Bertz CT molecular complexity index is 2730. The van der Waals surface area contributed by atoms with E-state index < -0.39 is 5.41 Å². The molecule has 10 rings (SSSR count). The molecule has 0 spiro atoms. The lowest BCUT2D eigenvalue weighted by molar-refractivity contribution is 0.349. The van der Waals surface area contributed by atoms with Crippen LogP contribution in [-0.2, 0) is 5.41 Å². The quantitative estimate of drug-likeness (QED) is 0.152. The Morgan fingerprint density at radius 1 is 0.554 bits per heavy atom. The third-order valence-corrected chi connectivity index (χ3v) is 10.6. The summed E-state index contributed by atoms with van der Waals surface area (Å²) < 4.78 is 13.6. The SMILES string of the molecule is CC1(C)C2=C(B(c3nc(-c4ccccc4)nc(-c4ccccc4)n3)c3ccnc(-c4cccc(Oc5cccc(-c6ccccn6)c5)c4)c3O2)c2ccccc21. The Labute approximate surface area is 325 Å². The first-order valence-electron chi connectivity index (χ1n) is 18.7. The van der Waals surface area contributed by atoms with Gasteiger partial charge in [-0.05, 0) is 78.4 Å². The lowest BCUT2D eigenvalue weighted by atomic mass is 9.37. The van der Waals surface area contributed by atoms with Crippen molar-refractivity contribution < 1.29 is 9.47 Å². The van der Waals surface area contributed by atoms with E-state index in [-0.39, 0.29) is 6.71 Å². The summed E-state index contributed by atoms with van der Waals surface area (Å²) in [6, 6.07) is 52.6. The van der Waals surface area contributed by atoms with E-state index in [2.05, 4.69) is 43.1 Å². The summed E-state index contributed by atoms with van der Waals surface area (Å²) in [6.07, 6.45) is 3.64. The van der Waals surface area contributed by atoms with Crippen LogP contribution in [0.1, 0.15) is 25.0 Å². The Morgan fingerprint density at radius 2 is 1.18 bits per heavy atom. The fourth-order valence-corrected chi connectivity index (χ4v) is 7.89. The average molecular weight is 724 g/mol. The van der Waals surface area contributed by atoms with Gasteiger partial charge in [0.05, 0.1) is 5.69 Å². The number of hydrogen-bond donors (Lipinski definition) is 0. The van der Waals surface area contributed by atoms with Crippen LogP contribution >= 0.6 is 0 Å². The zero-order chi connectivity index (χ0) is 37.6. The van der Waals surface area contributed by atoms with E-state index >= 15 is 0 Å². The second-order valence-corrected chi connectivity index (χ2v) is 14.5. The van der Waals surface area contributed by atoms with Crippen molar-refractivity contribution in [1.82, 2.24) is 24.9 Å². The van der Waals surface area contributed by atoms with Gasteiger partial charge in [-0.25, -0.2) is 15.0 Å². The number of ether oxygens (including phenoxy) is 2. The summed E-state index contributed by atoms with van der Waals surface area (Å²) >= 11 is 0. The van der Waals surface area contributed by atoms with Crippen LogP contribution < -0.4 is 20.7 Å². The molecule has 1 aliphatic carbocycles. The van der Waals surface area contributed by atoms with Crippen LogP contribution in [-0.4, -0.2) is 31.6 Å². The molecule has 4 heterocycles. The highest BCUT2D eigenvalue weighted by atomic mass is 16.5. The number of hydrogen-bond acceptors (Lipinski definition) is 7. The molecule has 0 atom stereocenters. The van der Waals surface area contributed by atoms with Crippen LogP contribution in [0.15, 0.2) is 176 Å². The maximum absolute atomic E-state index is 7.14. The summed E-state index contributed by atoms with van der Waals surface area (Å²) in [5, 5.41) is 0. The summed E-state index contributed by atoms with van der Waals surface area (Å²) in [4.78, 5) is 25.0. The smallest absolute Gasteiger partial charge is 0.298 e. The number of rotatable bonds is 7. The van der Waals surface area contributed by atoms with Gasteiger partial charge in [0.1, 0.15) is 34.4 Å². The maximum Gasteiger partial charge on any atom is 0.298 e. The topological polar surface area (TPSA) is 82.9 Å². The Morgan fingerprint density at radius 3 is 1.88 bits per heavy atom. The second kappa shape index (κ2) is 13.6. The molecule has 0 N–H and O–H groups in total. The zero-order valence-electron chi connectivity index (χ0n) is 30.8. The van der Waals surface area contributed by atoms with Gasteiger partial charge in [-0.3, -0.25) is 9.97 Å². The predicted molar refractivity (Wildman–Crippen MR) is 222 cm³/mol. The zero-order valence-corrected chi connectivity index (χ0v) is 30.8. The number of fused-ring (bicyclic) bond motifs is 3. The molecule has 0 saturated heterocycles. The molecular weight excluding hydrogens is 689 g/mol. The lowest BCUT2D eigenvalue weighted by Gasteiger charge is -2.31. The normalized spacial score (nSPS) is 13.7. The Hall–Kier alpha value is -7.19. The van der Waals surface area contributed by atoms with Crippen molar-refractivity contribution in [3.05, 3.63) is 187 Å². The van der Waals surface area contributed by atoms with E-state index in [1.54, 1.807) is 6.20 Å². The fraction of sp³-hybridized carbons (Fsp3) is 0.0625. The molecule has 5 aromatic carbocycles. The minimum absolute atomic E-state index is 0.375. The maximum atomic E-state index is 7.14. The fourth-order valence-electron chi connectivity index (χ4n) is 7.89. The minimum Gasteiger partial charge on any atom is -0.460 e. The number of nitrogens with zero attached hydrogens (tertiary/aromatic N) is 5. The molecule has 0 unspecified atom stereocenters. The molecule has 0 radical (unpaired) electrons. The molecule has 3 aromatic heterocycles. The van der Waals surface area contributed by atoms with Crippen molar-refractivity contribution in [3.63, 3.8) is 0 Å². The van der Waals surface area contributed by atoms with E-state index in [1.807, 2.05) is 140 Å². The van der Waals surface area contributed by atoms with Gasteiger partial charge < -0.3 is 9.47 Å². The first kappa shape index (κ1) is 33.4. The average Bonchev–Trinajstić information content (AvgIpc) is 3.49. The Kier molecular flexibility index (Phi) is 8.10. The number of pyridine rings is 2. The highest BCUT2D eigenvalue weighted by Gasteiger charge is 2.49. The van der Waals surface area contributed by atoms with Crippen molar-refractivity contribution in [3.8, 4) is 62.5 Å². The van der Waals surface area contributed by atoms with E-state index in [9.17, 15) is 0 Å². The molecule has 56 heavy (non-hydrogen) atoms. The monoisotopic (exact) mass is 723 g/mol. The molecule has 0 bridgehead atoms. The van der Waals surface area contributed by atoms with Crippen LogP contribution in [0.3, 0.4) is 0 Å². The lowest BCUT2D eigenvalue weighted by Crippen LogP contribution is -2.51. The van der Waals surface area contributed by atoms with Crippen LogP contribution in [0.4, 0.5) is 0 Å². The van der Waals surface area contributed by atoms with E-state index in [1.165, 1.54) is 5.56 Å². The van der Waals surface area contributed by atoms with Gasteiger partial charge in [0.25, 0.3) is 6.71 Å². The van der Waals surface area contributed by atoms with E-state index in [0.717, 1.165) is 50.2 Å². The van der Waals surface area contributed by atoms with Gasteiger partial charge in [0.2, 0.25) is 0 Å². The van der Waals surface area contributed by atoms with Crippen LogP contribution in [0.5, 0.6) is 17.2 Å². The van der Waals surface area contributed by atoms with Crippen molar-refractivity contribution >= 4 is 23.4 Å². The van der Waals surface area contributed by atoms with Crippen LogP contribution in [0.25, 0.3) is 50.8 Å². The molecule has 8 aromatic rings. The third kappa shape index (κ3) is 5.83. The van der Waals surface area contributed by atoms with Gasteiger partial charge in [0, 0.05) is 40.1 Å². The van der Waals surface area contributed by atoms with Crippen molar-refractivity contribution in [1.29, 1.82) is 0 Å². The Balaban J connectivity index is 1.13. The van der Waals surface area contributed by atoms with Crippen molar-refractivity contribution in [2.45, 2.75) is 19.3 Å². The molecule has 2 aliphatic rings. The molecule has 1 aliphatic heterocycles. The highest BCUT2D eigenvalue weighted by molar-refractivity contribution is 7.00. The molecule has 0 saturated carbocycles. The molecule has 7 nitrogen and oxygen atoms in total. The third-order valence-electron chi connectivity index (χ3n) is 10.6. The molecular formula is C48H34BN5O2. The molecule has 8 heteroatoms. The molecule has 0 fully saturated rings. The van der Waals surface area contributed by atoms with Gasteiger partial charge in [-0.1, -0.05) is 115 Å². The van der Waals surface area contributed by atoms with Crippen LogP contribution in [0.2, 0.25) is 0 Å². The molecule has 0 amide bonds. The largest absolute Gasteiger partial charge is 0.460 e. The number of benzene rings is 5. The van der Waals surface area contributed by atoms with Crippen LogP contribution in [0, 0.1) is 0 Å². The van der Waals surface area contributed by atoms with Crippen molar-refractivity contribution in [2.75, 3.05) is 0 Å². The number of aromatic nitrogens is 5. The minimum atomic E-state index is -0.434. The first-order chi connectivity index (χ1) is 27.5. The number of allylic oxidation sites excluding steroid dienone is 1. The second-order valence-electron chi connectivity index (χ2n) is 14.5. The van der Waals surface area contributed by atoms with Gasteiger partial charge in [-0.2, -0.15) is 0 Å². The summed E-state index contributed by atoms with van der Waals surface area (Å²) in [7, 11) is 0. The highest BCUT2D eigenvalue weighted by Crippen LogP contribution is 2.50. The molecule has 266 valence electrons. The predicted octanol–water partition coefficient (Wildman–Crippen LogP) is 9.36. The summed E-state index contributed by atoms with van der Waals surface area (Å²) in [5.41, 5.74) is 9.79. The standard InChI is InChI=1S/C48H34BN5O2/c1-48(2)38-24-10-9-23-37(38)41-44(48)56-43-39(49(41)47-53-45(31-15-5-3-6-16-31)52-46(54-47)32-17-7-4-8-18-32)26-28-51-42(43)34-20-14-22-36(30-34)55-35-21-13-19-33(29-35)40-25-11-12-27-50-40/h3-30H,1-2H3. The first-order valence-corrected chi connectivity index (χ1v) is 18.7. The summed E-state index contributed by atoms with van der Waals surface area (Å²) in [5.74, 6) is 4.16. The van der Waals surface area contributed by atoms with Gasteiger partial charge in [-0.15, -0.1) is 0 Å². The van der Waals surface area contributed by atoms with Gasteiger partial charge >= 0.3 is 0 Å². The summed E-state index contributed by atoms with van der Waals surface area (Å²) in [6.45, 7) is 4.07. The van der Waals surface area contributed by atoms with E-state index in [0.29, 0.717) is 40.3 Å². The van der Waals surface area contributed by atoms with Gasteiger partial charge in [0.15, 0.2) is 11.6 Å². The van der Waals surface area contributed by atoms with Crippen molar-refractivity contribution in [2.24, 2.45) is 0 Å².